The number of carbonyl (C=O) groups is 1. The third-order valence-corrected chi connectivity index (χ3v) is 5.59. The number of nitrogens with zero attached hydrogens (tertiary/aromatic N) is 3. The zero-order valence-electron chi connectivity index (χ0n) is 14.6. The number of allylic oxidation sites excluding steroid dienone is 1. The monoisotopic (exact) mass is 319 g/mol. The average Bonchev–Trinajstić information content (AvgIpc) is 2.86. The number of carbonyl (C=O) groups excluding carboxylic acids is 1. The summed E-state index contributed by atoms with van der Waals surface area (Å²) in [4.78, 5) is 15.0. The van der Waals surface area contributed by atoms with Gasteiger partial charge in [-0.2, -0.15) is 10.5 Å². The Morgan fingerprint density at radius 2 is 2.00 bits per heavy atom. The van der Waals surface area contributed by atoms with Gasteiger partial charge in [-0.15, -0.1) is 0 Å². The fraction of sp³-hybridized carbons (Fsp3) is 0.450. The number of aryl methyl sites for hydroxylation is 1. The van der Waals surface area contributed by atoms with E-state index in [1.807, 2.05) is 30.0 Å². The quantitative estimate of drug-likeness (QED) is 0.606. The van der Waals surface area contributed by atoms with E-state index in [0.717, 1.165) is 36.1 Å². The van der Waals surface area contributed by atoms with E-state index < -0.39 is 0 Å². The molecule has 1 amide bonds. The van der Waals surface area contributed by atoms with Crippen molar-refractivity contribution in [3.8, 4) is 12.1 Å². The summed E-state index contributed by atoms with van der Waals surface area (Å²) in [5, 5.41) is 18.7. The van der Waals surface area contributed by atoms with Crippen LogP contribution in [0.2, 0.25) is 0 Å². The Morgan fingerprint density at radius 1 is 1.33 bits per heavy atom. The fourth-order valence-electron chi connectivity index (χ4n) is 4.18. The molecule has 1 aromatic rings. The number of nitriles is 2. The minimum absolute atomic E-state index is 0.0892. The molecule has 0 bridgehead atoms. The molecule has 0 spiro atoms. The van der Waals surface area contributed by atoms with Crippen molar-refractivity contribution in [1.29, 1.82) is 10.5 Å². The van der Waals surface area contributed by atoms with Gasteiger partial charge >= 0.3 is 0 Å². The van der Waals surface area contributed by atoms with E-state index in [1.165, 1.54) is 5.56 Å². The molecule has 24 heavy (non-hydrogen) atoms. The predicted molar refractivity (Wildman–Crippen MR) is 93.2 cm³/mol. The van der Waals surface area contributed by atoms with Crippen molar-refractivity contribution in [2.24, 2.45) is 0 Å². The van der Waals surface area contributed by atoms with Gasteiger partial charge < -0.3 is 4.90 Å². The number of anilines is 1. The maximum Gasteiger partial charge on any atom is 0.261 e. The second-order valence-electron chi connectivity index (χ2n) is 7.02. The standard InChI is InChI=1S/C20H21N3O/c1-5-13-9-20(4,6-2)23-18-15(13)7-12(3)8-16(18)17(19(23)24)14(10-21)11-22/h7-8,13H,5-6,9H2,1-4H3/t13-,20+/m1/s1. The van der Waals surface area contributed by atoms with Crippen molar-refractivity contribution < 1.29 is 4.79 Å². The summed E-state index contributed by atoms with van der Waals surface area (Å²) in [7, 11) is 0. The summed E-state index contributed by atoms with van der Waals surface area (Å²) in [5.41, 5.74) is 3.82. The van der Waals surface area contributed by atoms with Gasteiger partial charge in [0.1, 0.15) is 17.7 Å². The van der Waals surface area contributed by atoms with Crippen molar-refractivity contribution >= 4 is 17.2 Å². The predicted octanol–water partition coefficient (Wildman–Crippen LogP) is 4.21. The molecule has 0 unspecified atom stereocenters. The highest BCUT2D eigenvalue weighted by molar-refractivity contribution is 6.35. The van der Waals surface area contributed by atoms with Crippen LogP contribution in [-0.4, -0.2) is 11.4 Å². The van der Waals surface area contributed by atoms with Crippen LogP contribution in [0, 0.1) is 29.6 Å². The van der Waals surface area contributed by atoms with Gasteiger partial charge in [0.15, 0.2) is 0 Å². The Balaban J connectivity index is 2.42. The second-order valence-corrected chi connectivity index (χ2v) is 7.02. The van der Waals surface area contributed by atoms with E-state index in [1.54, 1.807) is 0 Å². The van der Waals surface area contributed by atoms with Crippen molar-refractivity contribution in [2.75, 3.05) is 4.90 Å². The van der Waals surface area contributed by atoms with Crippen LogP contribution >= 0.6 is 0 Å². The first-order valence-corrected chi connectivity index (χ1v) is 8.45. The Morgan fingerprint density at radius 3 is 2.54 bits per heavy atom. The van der Waals surface area contributed by atoms with E-state index in [0.29, 0.717) is 5.92 Å². The van der Waals surface area contributed by atoms with Gasteiger partial charge in [0, 0.05) is 11.1 Å². The van der Waals surface area contributed by atoms with Crippen LogP contribution in [-0.2, 0) is 4.79 Å². The molecular weight excluding hydrogens is 298 g/mol. The zero-order chi connectivity index (χ0) is 17.6. The van der Waals surface area contributed by atoms with Crippen molar-refractivity contribution in [2.45, 2.75) is 58.4 Å². The third kappa shape index (κ3) is 2.00. The van der Waals surface area contributed by atoms with Crippen molar-refractivity contribution in [3.05, 3.63) is 34.4 Å². The third-order valence-electron chi connectivity index (χ3n) is 5.59. The Labute approximate surface area is 143 Å². The second kappa shape index (κ2) is 5.49. The van der Waals surface area contributed by atoms with E-state index in [2.05, 4.69) is 26.8 Å². The molecule has 0 fully saturated rings. The van der Waals surface area contributed by atoms with Crippen LogP contribution in [0.25, 0.3) is 5.57 Å². The number of benzene rings is 1. The number of rotatable bonds is 2. The molecule has 0 aliphatic carbocycles. The smallest absolute Gasteiger partial charge is 0.261 e. The minimum Gasteiger partial charge on any atom is -0.302 e. The Hall–Kier alpha value is -2.59. The summed E-state index contributed by atoms with van der Waals surface area (Å²) in [6.45, 7) is 8.38. The lowest BCUT2D eigenvalue weighted by atomic mass is 9.75. The van der Waals surface area contributed by atoms with Gasteiger partial charge in [0.25, 0.3) is 5.91 Å². The first-order valence-electron chi connectivity index (χ1n) is 8.45. The fourth-order valence-corrected chi connectivity index (χ4v) is 4.18. The van der Waals surface area contributed by atoms with E-state index >= 15 is 0 Å². The summed E-state index contributed by atoms with van der Waals surface area (Å²) in [6, 6.07) is 7.92. The largest absolute Gasteiger partial charge is 0.302 e. The highest BCUT2D eigenvalue weighted by Gasteiger charge is 2.49. The number of amides is 1. The summed E-state index contributed by atoms with van der Waals surface area (Å²) >= 11 is 0. The molecule has 4 heteroatoms. The molecule has 2 atom stereocenters. The molecule has 4 nitrogen and oxygen atoms in total. The zero-order valence-corrected chi connectivity index (χ0v) is 14.6. The molecule has 2 aliphatic rings. The van der Waals surface area contributed by atoms with Crippen LogP contribution in [0.4, 0.5) is 5.69 Å². The minimum atomic E-state index is -0.285. The number of hydrogen-bond acceptors (Lipinski definition) is 3. The highest BCUT2D eigenvalue weighted by atomic mass is 16.2. The molecule has 2 heterocycles. The van der Waals surface area contributed by atoms with Gasteiger partial charge in [-0.3, -0.25) is 4.79 Å². The molecule has 1 aromatic carbocycles. The molecule has 122 valence electrons. The van der Waals surface area contributed by atoms with Crippen LogP contribution in [0.3, 0.4) is 0 Å². The van der Waals surface area contributed by atoms with Crippen LogP contribution in [0.15, 0.2) is 17.7 Å². The SMILES string of the molecule is CC[C@@H]1C[C@](C)(CC)N2C(=O)C(=C(C#N)C#N)c3cc(C)cc1c32. The molecule has 0 N–H and O–H groups in total. The molecule has 0 saturated carbocycles. The van der Waals surface area contributed by atoms with Gasteiger partial charge in [0.05, 0.1) is 11.3 Å². The lowest BCUT2D eigenvalue weighted by molar-refractivity contribution is -0.114. The topological polar surface area (TPSA) is 67.9 Å². The van der Waals surface area contributed by atoms with Crippen molar-refractivity contribution in [3.63, 3.8) is 0 Å². The van der Waals surface area contributed by atoms with Gasteiger partial charge in [-0.25, -0.2) is 0 Å². The first kappa shape index (κ1) is 16.3. The summed E-state index contributed by atoms with van der Waals surface area (Å²) in [6.07, 6.45) is 2.75. The Bertz CT molecular complexity index is 837. The molecule has 0 aromatic heterocycles. The lowest BCUT2D eigenvalue weighted by Crippen LogP contribution is -2.51. The van der Waals surface area contributed by atoms with E-state index in [-0.39, 0.29) is 22.6 Å². The molecule has 2 aliphatic heterocycles. The highest BCUT2D eigenvalue weighted by Crippen LogP contribution is 2.54. The lowest BCUT2D eigenvalue weighted by Gasteiger charge is -2.46. The maximum absolute atomic E-state index is 13.2. The van der Waals surface area contributed by atoms with Crippen LogP contribution < -0.4 is 4.90 Å². The first-order chi connectivity index (χ1) is 11.4. The van der Waals surface area contributed by atoms with Crippen molar-refractivity contribution in [1.82, 2.24) is 0 Å². The van der Waals surface area contributed by atoms with E-state index in [4.69, 9.17) is 0 Å². The molecule has 3 rings (SSSR count). The summed E-state index contributed by atoms with van der Waals surface area (Å²) < 4.78 is 0. The van der Waals surface area contributed by atoms with Gasteiger partial charge in [-0.05, 0) is 50.7 Å². The normalized spacial score (nSPS) is 24.4. The van der Waals surface area contributed by atoms with E-state index in [9.17, 15) is 15.3 Å². The molecule has 0 saturated heterocycles. The average molecular weight is 319 g/mol. The number of hydrogen-bond donors (Lipinski definition) is 0. The Kier molecular flexibility index (Phi) is 3.73. The molecule has 0 radical (unpaired) electrons. The summed E-state index contributed by atoms with van der Waals surface area (Å²) in [5.74, 6) is 0.188. The van der Waals surface area contributed by atoms with Gasteiger partial charge in [0.2, 0.25) is 0 Å². The van der Waals surface area contributed by atoms with Crippen LogP contribution in [0.5, 0.6) is 0 Å². The van der Waals surface area contributed by atoms with Gasteiger partial charge in [-0.1, -0.05) is 25.5 Å². The molecular formula is C20H21N3O. The maximum atomic E-state index is 13.2. The van der Waals surface area contributed by atoms with Crippen LogP contribution in [0.1, 0.15) is 62.6 Å².